The molecule has 0 amide bonds. The normalized spacial score (nSPS) is 10.8. The molecular formula is C14H13ClN4. The predicted molar refractivity (Wildman–Crippen MR) is 80.0 cm³/mol. The fourth-order valence-electron chi connectivity index (χ4n) is 2.01. The summed E-state index contributed by atoms with van der Waals surface area (Å²) in [7, 11) is 0. The maximum absolute atomic E-state index is 6.11. The summed E-state index contributed by atoms with van der Waals surface area (Å²) >= 11 is 6.11. The zero-order chi connectivity index (χ0) is 13.4. The van der Waals surface area contributed by atoms with Crippen LogP contribution in [0.3, 0.4) is 0 Å². The molecule has 2 aromatic carbocycles. The van der Waals surface area contributed by atoms with Crippen molar-refractivity contribution in [2.24, 2.45) is 0 Å². The Hall–Kier alpha value is -2.20. The molecule has 3 rings (SSSR count). The number of anilines is 3. The van der Waals surface area contributed by atoms with E-state index in [1.165, 1.54) is 0 Å². The van der Waals surface area contributed by atoms with Gasteiger partial charge in [-0.25, -0.2) is 0 Å². The Kier molecular flexibility index (Phi) is 2.80. The number of halogens is 1. The van der Waals surface area contributed by atoms with E-state index < -0.39 is 0 Å². The molecule has 0 spiro atoms. The van der Waals surface area contributed by atoms with Gasteiger partial charge in [0.15, 0.2) is 0 Å². The van der Waals surface area contributed by atoms with Crippen LogP contribution < -0.4 is 11.1 Å². The number of fused-ring (bicyclic) bond motifs is 1. The van der Waals surface area contributed by atoms with Crippen LogP contribution in [-0.4, -0.2) is 10.2 Å². The van der Waals surface area contributed by atoms with E-state index in [0.717, 1.165) is 32.9 Å². The highest BCUT2D eigenvalue weighted by molar-refractivity contribution is 6.31. The van der Waals surface area contributed by atoms with E-state index >= 15 is 0 Å². The van der Waals surface area contributed by atoms with E-state index in [1.807, 2.05) is 37.3 Å². The fourth-order valence-corrected chi connectivity index (χ4v) is 2.18. The smallest absolute Gasteiger partial charge is 0.0672 e. The molecule has 0 aliphatic carbocycles. The zero-order valence-corrected chi connectivity index (χ0v) is 11.1. The van der Waals surface area contributed by atoms with Gasteiger partial charge in [0, 0.05) is 16.1 Å². The number of nitrogen functional groups attached to an aromatic ring is 1. The van der Waals surface area contributed by atoms with Gasteiger partial charge in [-0.1, -0.05) is 17.7 Å². The van der Waals surface area contributed by atoms with Gasteiger partial charge in [0.2, 0.25) is 0 Å². The maximum atomic E-state index is 6.11. The van der Waals surface area contributed by atoms with Gasteiger partial charge in [0.25, 0.3) is 0 Å². The lowest BCUT2D eigenvalue weighted by Gasteiger charge is -2.12. The average molecular weight is 273 g/mol. The number of nitrogens with one attached hydrogen (secondary N) is 2. The molecule has 1 aromatic heterocycles. The Labute approximate surface area is 115 Å². The molecule has 1 heterocycles. The Balaban J connectivity index is 2.05. The molecule has 0 aliphatic rings. The first-order chi connectivity index (χ1) is 9.15. The summed E-state index contributed by atoms with van der Waals surface area (Å²) in [6.45, 7) is 1.97. The lowest BCUT2D eigenvalue weighted by molar-refractivity contribution is 1.12. The molecule has 0 aliphatic heterocycles. The molecule has 0 saturated heterocycles. The highest BCUT2D eigenvalue weighted by Crippen LogP contribution is 2.31. The van der Waals surface area contributed by atoms with E-state index in [9.17, 15) is 0 Å². The number of nitrogens with two attached hydrogens (primary N) is 1. The van der Waals surface area contributed by atoms with Crippen molar-refractivity contribution < 1.29 is 0 Å². The van der Waals surface area contributed by atoms with Gasteiger partial charge in [0.05, 0.1) is 23.1 Å². The molecule has 19 heavy (non-hydrogen) atoms. The Bertz CT molecular complexity index is 748. The minimum atomic E-state index is 0.674. The minimum absolute atomic E-state index is 0.674. The van der Waals surface area contributed by atoms with Crippen LogP contribution in [0, 0.1) is 6.92 Å². The van der Waals surface area contributed by atoms with E-state index in [2.05, 4.69) is 15.5 Å². The van der Waals surface area contributed by atoms with Crippen molar-refractivity contribution in [3.63, 3.8) is 0 Å². The standard InChI is InChI=1S/C14H13ClN4/c1-8-10(15)3-2-4-12(8)18-14-6-13-9(5-11(14)16)7-17-19-13/h2-7,18H,16H2,1H3,(H,17,19). The van der Waals surface area contributed by atoms with Crippen molar-refractivity contribution in [1.29, 1.82) is 0 Å². The fraction of sp³-hybridized carbons (Fsp3) is 0.0714. The summed E-state index contributed by atoms with van der Waals surface area (Å²) in [6, 6.07) is 9.57. The predicted octanol–water partition coefficient (Wildman–Crippen LogP) is 3.85. The number of hydrogen-bond donors (Lipinski definition) is 3. The third-order valence-corrected chi connectivity index (χ3v) is 3.56. The van der Waals surface area contributed by atoms with E-state index in [0.29, 0.717) is 5.69 Å². The number of aromatic amines is 1. The summed E-state index contributed by atoms with van der Waals surface area (Å²) in [5.74, 6) is 0. The van der Waals surface area contributed by atoms with Crippen LogP contribution in [0.2, 0.25) is 5.02 Å². The monoisotopic (exact) mass is 272 g/mol. The summed E-state index contributed by atoms with van der Waals surface area (Å²) in [6.07, 6.45) is 1.75. The van der Waals surface area contributed by atoms with E-state index in [1.54, 1.807) is 6.20 Å². The third-order valence-electron chi connectivity index (χ3n) is 3.15. The average Bonchev–Trinajstić information content (AvgIpc) is 2.82. The lowest BCUT2D eigenvalue weighted by Crippen LogP contribution is -1.98. The number of aromatic nitrogens is 2. The molecule has 3 aromatic rings. The van der Waals surface area contributed by atoms with Gasteiger partial charge in [-0.05, 0) is 36.8 Å². The SMILES string of the molecule is Cc1c(Cl)cccc1Nc1cc2[nH]ncc2cc1N. The van der Waals surface area contributed by atoms with Crippen molar-refractivity contribution >= 4 is 39.6 Å². The Morgan fingerprint density at radius 3 is 2.95 bits per heavy atom. The molecule has 0 saturated carbocycles. The summed E-state index contributed by atoms with van der Waals surface area (Å²) in [4.78, 5) is 0. The van der Waals surface area contributed by atoms with Crippen molar-refractivity contribution in [1.82, 2.24) is 10.2 Å². The van der Waals surface area contributed by atoms with E-state index in [4.69, 9.17) is 17.3 Å². The first-order valence-electron chi connectivity index (χ1n) is 5.90. The van der Waals surface area contributed by atoms with Crippen LogP contribution in [-0.2, 0) is 0 Å². The van der Waals surface area contributed by atoms with Crippen molar-refractivity contribution in [3.05, 3.63) is 47.1 Å². The molecule has 0 unspecified atom stereocenters. The van der Waals surface area contributed by atoms with Crippen LogP contribution >= 0.6 is 11.6 Å². The second kappa shape index (κ2) is 4.48. The van der Waals surface area contributed by atoms with Crippen LogP contribution in [0.1, 0.15) is 5.56 Å². The second-order valence-electron chi connectivity index (χ2n) is 4.43. The summed E-state index contributed by atoms with van der Waals surface area (Å²) < 4.78 is 0. The quantitative estimate of drug-likeness (QED) is 0.621. The van der Waals surface area contributed by atoms with Gasteiger partial charge in [-0.15, -0.1) is 0 Å². The minimum Gasteiger partial charge on any atom is -0.397 e. The van der Waals surface area contributed by atoms with Gasteiger partial charge < -0.3 is 11.1 Å². The molecule has 0 atom stereocenters. The Morgan fingerprint density at radius 1 is 1.26 bits per heavy atom. The van der Waals surface area contributed by atoms with Crippen LogP contribution in [0.25, 0.3) is 10.9 Å². The highest BCUT2D eigenvalue weighted by atomic mass is 35.5. The van der Waals surface area contributed by atoms with Crippen LogP contribution in [0.5, 0.6) is 0 Å². The summed E-state index contributed by atoms with van der Waals surface area (Å²) in [5.41, 5.74) is 10.4. The second-order valence-corrected chi connectivity index (χ2v) is 4.84. The number of H-pyrrole nitrogens is 1. The van der Waals surface area contributed by atoms with Crippen molar-refractivity contribution in [3.8, 4) is 0 Å². The van der Waals surface area contributed by atoms with Gasteiger partial charge in [-0.3, -0.25) is 5.10 Å². The summed E-state index contributed by atoms with van der Waals surface area (Å²) in [5, 5.41) is 11.9. The number of rotatable bonds is 2. The van der Waals surface area contributed by atoms with Crippen molar-refractivity contribution in [2.75, 3.05) is 11.1 Å². The zero-order valence-electron chi connectivity index (χ0n) is 10.4. The van der Waals surface area contributed by atoms with Crippen LogP contribution in [0.15, 0.2) is 36.5 Å². The number of hydrogen-bond acceptors (Lipinski definition) is 3. The molecular weight excluding hydrogens is 260 g/mol. The topological polar surface area (TPSA) is 66.7 Å². The molecule has 4 nitrogen and oxygen atoms in total. The van der Waals surface area contributed by atoms with Gasteiger partial charge in [0.1, 0.15) is 0 Å². The molecule has 0 bridgehead atoms. The number of nitrogens with zero attached hydrogens (tertiary/aromatic N) is 1. The largest absolute Gasteiger partial charge is 0.397 e. The van der Waals surface area contributed by atoms with Crippen LogP contribution in [0.4, 0.5) is 17.1 Å². The molecule has 0 fully saturated rings. The lowest BCUT2D eigenvalue weighted by atomic mass is 10.1. The molecule has 4 N–H and O–H groups in total. The maximum Gasteiger partial charge on any atom is 0.0672 e. The third kappa shape index (κ3) is 2.11. The first-order valence-corrected chi connectivity index (χ1v) is 6.27. The van der Waals surface area contributed by atoms with Crippen molar-refractivity contribution in [2.45, 2.75) is 6.92 Å². The van der Waals surface area contributed by atoms with Gasteiger partial charge >= 0.3 is 0 Å². The molecule has 96 valence electrons. The highest BCUT2D eigenvalue weighted by Gasteiger charge is 2.07. The first kappa shape index (κ1) is 11.9. The van der Waals surface area contributed by atoms with E-state index in [-0.39, 0.29) is 0 Å². The molecule has 5 heteroatoms. The van der Waals surface area contributed by atoms with Gasteiger partial charge in [-0.2, -0.15) is 5.10 Å². The Morgan fingerprint density at radius 2 is 2.11 bits per heavy atom. The molecule has 0 radical (unpaired) electrons. The number of benzene rings is 2.